The van der Waals surface area contributed by atoms with Crippen LogP contribution in [0.2, 0.25) is 0 Å². The zero-order valence-electron chi connectivity index (χ0n) is 23.8. The van der Waals surface area contributed by atoms with E-state index in [2.05, 4.69) is 16.8 Å². The fourth-order valence-corrected chi connectivity index (χ4v) is 6.17. The van der Waals surface area contributed by atoms with Crippen molar-refractivity contribution in [2.24, 2.45) is 7.05 Å². The topological polar surface area (TPSA) is 155 Å². The van der Waals surface area contributed by atoms with E-state index < -0.39 is 20.1 Å². The number of benzene rings is 1. The Morgan fingerprint density at radius 1 is 1.12 bits per heavy atom. The van der Waals surface area contributed by atoms with Gasteiger partial charge in [-0.3, -0.25) is 13.7 Å². The predicted molar refractivity (Wildman–Crippen MR) is 155 cm³/mol. The molecule has 0 aliphatic carbocycles. The molecular weight excluding hydrogens is 577 g/mol. The van der Waals surface area contributed by atoms with Crippen molar-refractivity contribution < 1.29 is 30.5 Å². The number of alkyl halides is 1. The van der Waals surface area contributed by atoms with Gasteiger partial charge in [0.1, 0.15) is 17.1 Å². The van der Waals surface area contributed by atoms with Crippen LogP contribution in [0, 0.1) is 0 Å². The van der Waals surface area contributed by atoms with Gasteiger partial charge >= 0.3 is 0 Å². The molecule has 1 aliphatic heterocycles. The van der Waals surface area contributed by atoms with E-state index in [-0.39, 0.29) is 23.0 Å². The van der Waals surface area contributed by atoms with Crippen LogP contribution in [0.3, 0.4) is 0 Å². The van der Waals surface area contributed by atoms with Crippen molar-refractivity contribution in [1.29, 1.82) is 0 Å². The van der Waals surface area contributed by atoms with Crippen molar-refractivity contribution in [3.63, 3.8) is 0 Å². The van der Waals surface area contributed by atoms with Gasteiger partial charge in [0.25, 0.3) is 15.7 Å². The number of fused-ring (bicyclic) bond motifs is 1. The number of nitrogens with one attached hydrogen (secondary N) is 1. The van der Waals surface area contributed by atoms with Crippen LogP contribution < -0.4 is 10.3 Å². The average molecular weight is 616 g/mol. The highest BCUT2D eigenvalue weighted by Crippen LogP contribution is 2.32. The van der Waals surface area contributed by atoms with E-state index in [9.17, 15) is 26.0 Å². The van der Waals surface area contributed by atoms with Crippen LogP contribution in [-0.4, -0.2) is 97.4 Å². The molecule has 1 saturated heterocycles. The lowest BCUT2D eigenvalue weighted by Crippen LogP contribution is -2.48. The summed E-state index contributed by atoms with van der Waals surface area (Å²) < 4.78 is 74.4. The van der Waals surface area contributed by atoms with Gasteiger partial charge in [-0.1, -0.05) is 13.3 Å². The van der Waals surface area contributed by atoms with Crippen LogP contribution in [0.15, 0.2) is 34.1 Å². The van der Waals surface area contributed by atoms with E-state index in [0.29, 0.717) is 74.4 Å². The number of aromatic nitrogens is 3. The Kier molecular flexibility index (Phi) is 11.1. The van der Waals surface area contributed by atoms with E-state index in [0.717, 1.165) is 18.4 Å². The van der Waals surface area contributed by atoms with Gasteiger partial charge in [0, 0.05) is 46.0 Å². The number of rotatable bonds is 10. The molecule has 3 heterocycles. The van der Waals surface area contributed by atoms with Crippen molar-refractivity contribution in [2.45, 2.75) is 38.0 Å². The summed E-state index contributed by atoms with van der Waals surface area (Å²) >= 11 is 0. The second-order valence-electron chi connectivity index (χ2n) is 9.74. The molecule has 12 nitrogen and oxygen atoms in total. The Morgan fingerprint density at radius 3 is 2.37 bits per heavy atom. The van der Waals surface area contributed by atoms with Crippen molar-refractivity contribution in [3.8, 4) is 17.1 Å². The van der Waals surface area contributed by atoms with E-state index in [1.165, 1.54) is 16.4 Å². The molecule has 0 bridgehead atoms. The minimum Gasteiger partial charge on any atom is -0.493 e. The van der Waals surface area contributed by atoms with E-state index in [1.54, 1.807) is 10.6 Å². The molecule has 0 spiro atoms. The first kappa shape index (κ1) is 32.7. The lowest BCUT2D eigenvalue weighted by Gasteiger charge is -2.33. The van der Waals surface area contributed by atoms with Crippen LogP contribution in [0.4, 0.5) is 4.39 Å². The molecule has 228 valence electrons. The maximum absolute atomic E-state index is 13.5. The number of aryl methyl sites for hydroxylation is 2. The number of hydrogen-bond acceptors (Lipinski definition) is 8. The van der Waals surface area contributed by atoms with Gasteiger partial charge in [0.2, 0.25) is 10.0 Å². The van der Waals surface area contributed by atoms with Gasteiger partial charge in [-0.2, -0.15) is 12.7 Å². The Bertz CT molecular complexity index is 1600. The zero-order chi connectivity index (χ0) is 30.4. The summed E-state index contributed by atoms with van der Waals surface area (Å²) in [5, 5.41) is 0. The maximum Gasteiger partial charge on any atom is 0.275 e. The molecule has 15 heteroatoms. The molecule has 0 amide bonds. The second-order valence-corrected chi connectivity index (χ2v) is 13.1. The van der Waals surface area contributed by atoms with Crippen LogP contribution in [0.1, 0.15) is 32.3 Å². The third kappa shape index (κ3) is 8.35. The first-order valence-electron chi connectivity index (χ1n) is 13.4. The highest BCUT2D eigenvalue weighted by molar-refractivity contribution is 7.89. The summed E-state index contributed by atoms with van der Waals surface area (Å²) in [5.41, 5.74) is 2.19. The van der Waals surface area contributed by atoms with Gasteiger partial charge in [-0.15, -0.1) is 0 Å². The molecule has 41 heavy (non-hydrogen) atoms. The average Bonchev–Trinajstić information content (AvgIpc) is 3.22. The molecular formula is C26H38FN5O7S2. The first-order valence-corrected chi connectivity index (χ1v) is 16.6. The second kappa shape index (κ2) is 13.9. The third-order valence-corrected chi connectivity index (χ3v) is 8.40. The molecule has 4 rings (SSSR count). The van der Waals surface area contributed by atoms with Gasteiger partial charge in [0.05, 0.1) is 35.5 Å². The van der Waals surface area contributed by atoms with E-state index in [1.807, 2.05) is 20.2 Å². The molecule has 0 radical (unpaired) electrons. The van der Waals surface area contributed by atoms with E-state index in [4.69, 9.17) is 14.3 Å². The van der Waals surface area contributed by atoms with Crippen molar-refractivity contribution in [1.82, 2.24) is 23.7 Å². The highest BCUT2D eigenvalue weighted by atomic mass is 32.2. The quantitative estimate of drug-likeness (QED) is 0.327. The monoisotopic (exact) mass is 615 g/mol. The number of nitrogens with zero attached hydrogens (tertiary/aromatic N) is 4. The summed E-state index contributed by atoms with van der Waals surface area (Å²) in [4.78, 5) is 22.8. The van der Waals surface area contributed by atoms with Gasteiger partial charge in [0.15, 0.2) is 0 Å². The first-order chi connectivity index (χ1) is 19.3. The number of sulfonamides is 1. The summed E-state index contributed by atoms with van der Waals surface area (Å²) in [6, 6.07) is 4.68. The van der Waals surface area contributed by atoms with Crippen LogP contribution >= 0.6 is 0 Å². The number of H-pyrrole nitrogens is 1. The summed E-state index contributed by atoms with van der Waals surface area (Å²) in [5.74, 6) is 0.718. The molecule has 1 aliphatic rings. The molecule has 2 N–H and O–H groups in total. The standard InChI is InChI=1S/C25H34FN5O4S.CH4O3S/c1-4-7-18-17-29(3)23-22(18)27-24(28-25(23)32)20-16-19(8-9-21(20)35-5-2)36(33,34)31-14-12-30(13-15-31)11-6-10-26;1-5(2,3)4/h8-9,16-17H,4-7,10-15H2,1-3H3,(H,27,28,32);1H3,(H,2,3,4). The normalized spacial score (nSPS) is 15.1. The summed E-state index contributed by atoms with van der Waals surface area (Å²) in [6.07, 6.45) is 4.76. The van der Waals surface area contributed by atoms with Crippen molar-refractivity contribution in [2.75, 3.05) is 52.3 Å². The lowest BCUT2D eigenvalue weighted by molar-refractivity contribution is 0.182. The number of hydrogen-bond donors (Lipinski definition) is 2. The minimum atomic E-state index is -3.78. The van der Waals surface area contributed by atoms with Crippen LogP contribution in [0.5, 0.6) is 5.75 Å². The maximum atomic E-state index is 13.5. The smallest absolute Gasteiger partial charge is 0.275 e. The van der Waals surface area contributed by atoms with E-state index >= 15 is 0 Å². The van der Waals surface area contributed by atoms with Crippen LogP contribution in [-0.2, 0) is 33.6 Å². The molecule has 0 saturated carbocycles. The molecule has 1 fully saturated rings. The molecule has 0 unspecified atom stereocenters. The molecule has 1 aromatic carbocycles. The van der Waals surface area contributed by atoms with Gasteiger partial charge in [-0.05, 0) is 43.5 Å². The van der Waals surface area contributed by atoms with Crippen molar-refractivity contribution in [3.05, 3.63) is 40.3 Å². The fourth-order valence-electron chi connectivity index (χ4n) is 4.72. The number of ether oxygens (including phenoxy) is 1. The Hall–Kier alpha value is -2.85. The molecule has 0 atom stereocenters. The fraction of sp³-hybridized carbons (Fsp3) is 0.538. The SMILES string of the molecule is CCCc1cn(C)c2c(=O)[nH]c(-c3cc(S(=O)(=O)N4CCN(CCCF)CC4)ccc3OCC)nc12.CS(=O)(=O)O. The third-order valence-electron chi connectivity index (χ3n) is 6.50. The van der Waals surface area contributed by atoms with Crippen LogP contribution in [0.25, 0.3) is 22.4 Å². The zero-order valence-corrected chi connectivity index (χ0v) is 25.4. The predicted octanol–water partition coefficient (Wildman–Crippen LogP) is 2.45. The Morgan fingerprint density at radius 2 is 1.78 bits per heavy atom. The molecule has 3 aromatic rings. The highest BCUT2D eigenvalue weighted by Gasteiger charge is 2.29. The number of piperazine rings is 1. The lowest BCUT2D eigenvalue weighted by atomic mass is 10.1. The largest absolute Gasteiger partial charge is 0.493 e. The van der Waals surface area contributed by atoms with Gasteiger partial charge < -0.3 is 19.2 Å². The summed E-state index contributed by atoms with van der Waals surface area (Å²) in [6.45, 7) is 6.31. The van der Waals surface area contributed by atoms with Gasteiger partial charge in [-0.25, -0.2) is 13.4 Å². The number of halogens is 1. The minimum absolute atomic E-state index is 0.114. The Balaban J connectivity index is 0.000000850. The Labute approximate surface area is 239 Å². The molecule has 2 aromatic heterocycles. The number of aromatic amines is 1. The van der Waals surface area contributed by atoms with Crippen molar-refractivity contribution >= 4 is 31.2 Å². The summed E-state index contributed by atoms with van der Waals surface area (Å²) in [7, 11) is -5.63.